The third-order valence-corrected chi connectivity index (χ3v) is 15.7. The summed E-state index contributed by atoms with van der Waals surface area (Å²) in [6, 6.07) is 72.8. The van der Waals surface area contributed by atoms with Crippen LogP contribution in [0.25, 0.3) is 99.8 Å². The number of benzene rings is 9. The highest BCUT2D eigenvalue weighted by Gasteiger charge is 2.23. The van der Waals surface area contributed by atoms with Gasteiger partial charge in [0.1, 0.15) is 0 Å². The highest BCUT2D eigenvalue weighted by atomic mass is 15.0. The van der Waals surface area contributed by atoms with Gasteiger partial charge in [-0.25, -0.2) is 0 Å². The molecule has 0 atom stereocenters. The van der Waals surface area contributed by atoms with E-state index < -0.39 is 0 Å². The molecule has 10 aromatic rings. The van der Waals surface area contributed by atoms with Gasteiger partial charge in [0, 0.05) is 16.5 Å². The molecule has 0 amide bonds. The Morgan fingerprint density at radius 1 is 0.507 bits per heavy atom. The maximum Gasteiger partial charge on any atom is 0.0541 e. The van der Waals surface area contributed by atoms with Crippen molar-refractivity contribution >= 4 is 27.4 Å². The van der Waals surface area contributed by atoms with E-state index in [1.54, 1.807) is 0 Å². The molecule has 0 unspecified atom stereocenters. The van der Waals surface area contributed by atoms with Gasteiger partial charge < -0.3 is 4.57 Å². The first kappa shape index (κ1) is 45.6. The average Bonchev–Trinajstić information content (AvgIpc) is 4.08. The topological polar surface area (TPSA) is 4.93 Å². The van der Waals surface area contributed by atoms with Gasteiger partial charge >= 0.3 is 0 Å². The lowest BCUT2D eigenvalue weighted by molar-refractivity contribution is 1.18. The number of hydrogen-bond donors (Lipinski definition) is 0. The molecule has 73 heavy (non-hydrogen) atoms. The lowest BCUT2D eigenvalue weighted by Crippen LogP contribution is -1.94. The van der Waals surface area contributed by atoms with Gasteiger partial charge in [0.25, 0.3) is 0 Å². The SMILES string of the molecule is C=CC1=C(/C=C\C)C(C)=C(/C(=C\CC)c2ccc(-c3ccc4c(c3)c3cc(-c5ccc(-c6cccc(-c7ccccc7C)c6C)cc5)ccc3n4-c3ccc(-c4ccc5c(c4)-c4ccccc4C5)cc3)cc2)C1. The quantitative estimate of drug-likeness (QED) is 0.122. The third-order valence-electron chi connectivity index (χ3n) is 15.7. The Hall–Kier alpha value is -8.52. The minimum Gasteiger partial charge on any atom is -0.309 e. The van der Waals surface area contributed by atoms with Crippen LogP contribution in [0.3, 0.4) is 0 Å². The second kappa shape index (κ2) is 18.9. The molecule has 1 heteroatoms. The van der Waals surface area contributed by atoms with Crippen molar-refractivity contribution in [2.45, 2.75) is 53.9 Å². The van der Waals surface area contributed by atoms with Gasteiger partial charge in [-0.15, -0.1) is 0 Å². The first-order valence-electron chi connectivity index (χ1n) is 26.0. The third kappa shape index (κ3) is 8.07. The molecule has 0 aliphatic heterocycles. The molecular weight excluding hydrogens is 879 g/mol. The fraction of sp³-hybridized carbons (Fsp3) is 0.111. The maximum atomic E-state index is 4.17. The van der Waals surface area contributed by atoms with Crippen LogP contribution in [0.1, 0.15) is 61.4 Å². The zero-order chi connectivity index (χ0) is 49.7. The van der Waals surface area contributed by atoms with Crippen LogP contribution in [0.4, 0.5) is 0 Å². The van der Waals surface area contributed by atoms with Gasteiger partial charge in [-0.3, -0.25) is 0 Å². The van der Waals surface area contributed by atoms with Gasteiger partial charge in [0.2, 0.25) is 0 Å². The molecule has 0 bridgehead atoms. The average molecular weight is 938 g/mol. The van der Waals surface area contributed by atoms with Gasteiger partial charge in [0.15, 0.2) is 0 Å². The molecule has 1 heterocycles. The second-order valence-electron chi connectivity index (χ2n) is 19.9. The predicted octanol–water partition coefficient (Wildman–Crippen LogP) is 19.9. The summed E-state index contributed by atoms with van der Waals surface area (Å²) in [6.45, 7) is 15.2. The largest absolute Gasteiger partial charge is 0.309 e. The van der Waals surface area contributed by atoms with E-state index in [0.717, 1.165) is 24.9 Å². The molecule has 2 aliphatic rings. The highest BCUT2D eigenvalue weighted by Crippen LogP contribution is 2.44. The molecular formula is C72H59N. The van der Waals surface area contributed by atoms with Gasteiger partial charge in [-0.05, 0) is 212 Å². The summed E-state index contributed by atoms with van der Waals surface area (Å²) in [7, 11) is 0. The van der Waals surface area contributed by atoms with E-state index in [9.17, 15) is 0 Å². The molecule has 2 aliphatic carbocycles. The Morgan fingerprint density at radius 2 is 1.05 bits per heavy atom. The minimum atomic E-state index is 0.906. The summed E-state index contributed by atoms with van der Waals surface area (Å²) in [5.74, 6) is 0. The Balaban J connectivity index is 0.928. The standard InChI is InChI=1S/C72H59N/c1-7-15-62-48(6)67(42-49(62)9-3)65(16-8-2)54-29-25-51(26-30-54)57-36-40-72-70(45-57)69-44-56(50-23-27-53(28-24-50)63-21-14-22-64(47(63)5)61-19-12-10-17-46(61)4)35-39-71(69)73(72)60-37-33-52(34-38-60)55-31-32-59-41-58-18-11-13-20-66(58)68(59)43-55/h7,9-40,43-45H,3,8,41-42H2,1-2,4-6H3/b15-7-,65-16-. The van der Waals surface area contributed by atoms with Crippen molar-refractivity contribution in [3.05, 3.63) is 275 Å². The molecule has 0 spiro atoms. The van der Waals surface area contributed by atoms with Crippen LogP contribution in [-0.2, 0) is 6.42 Å². The van der Waals surface area contributed by atoms with Crippen LogP contribution in [0.2, 0.25) is 0 Å². The molecule has 0 saturated carbocycles. The summed E-state index contributed by atoms with van der Waals surface area (Å²) >= 11 is 0. The predicted molar refractivity (Wildman–Crippen MR) is 313 cm³/mol. The minimum absolute atomic E-state index is 0.906. The van der Waals surface area contributed by atoms with Gasteiger partial charge in [0.05, 0.1) is 11.0 Å². The van der Waals surface area contributed by atoms with E-state index in [-0.39, 0.29) is 0 Å². The summed E-state index contributed by atoms with van der Waals surface area (Å²) in [5.41, 5.74) is 31.9. The monoisotopic (exact) mass is 937 g/mol. The number of allylic oxidation sites excluding steroid dienone is 9. The van der Waals surface area contributed by atoms with Crippen molar-refractivity contribution in [2.75, 3.05) is 0 Å². The van der Waals surface area contributed by atoms with Crippen LogP contribution in [0, 0.1) is 13.8 Å². The molecule has 1 nitrogen and oxygen atoms in total. The Labute approximate surface area is 431 Å². The molecule has 0 N–H and O–H groups in total. The summed E-state index contributed by atoms with van der Waals surface area (Å²) in [4.78, 5) is 0. The van der Waals surface area contributed by atoms with Gasteiger partial charge in [-0.1, -0.05) is 189 Å². The normalized spacial score (nSPS) is 13.5. The summed E-state index contributed by atoms with van der Waals surface area (Å²) in [6.07, 6.45) is 11.7. The zero-order valence-electron chi connectivity index (χ0n) is 42.6. The number of hydrogen-bond acceptors (Lipinski definition) is 0. The van der Waals surface area contributed by atoms with E-state index in [1.807, 2.05) is 6.08 Å². The number of fused-ring (bicyclic) bond motifs is 6. The van der Waals surface area contributed by atoms with E-state index in [2.05, 4.69) is 258 Å². The fourth-order valence-corrected chi connectivity index (χ4v) is 11.9. The molecule has 0 radical (unpaired) electrons. The number of nitrogens with zero attached hydrogens (tertiary/aromatic N) is 1. The van der Waals surface area contributed by atoms with Crippen molar-refractivity contribution in [1.29, 1.82) is 0 Å². The van der Waals surface area contributed by atoms with Crippen molar-refractivity contribution in [3.63, 3.8) is 0 Å². The fourth-order valence-electron chi connectivity index (χ4n) is 11.9. The number of aryl methyl sites for hydroxylation is 1. The van der Waals surface area contributed by atoms with Crippen molar-refractivity contribution in [3.8, 4) is 72.4 Å². The van der Waals surface area contributed by atoms with E-state index in [4.69, 9.17) is 0 Å². The van der Waals surface area contributed by atoms with Crippen LogP contribution >= 0.6 is 0 Å². The number of aromatic nitrogens is 1. The van der Waals surface area contributed by atoms with E-state index in [0.29, 0.717) is 0 Å². The first-order valence-corrected chi connectivity index (χ1v) is 26.0. The molecule has 1 aromatic heterocycles. The van der Waals surface area contributed by atoms with Crippen molar-refractivity contribution < 1.29 is 0 Å². The smallest absolute Gasteiger partial charge is 0.0541 e. The first-order chi connectivity index (χ1) is 35.8. The van der Waals surface area contributed by atoms with Gasteiger partial charge in [-0.2, -0.15) is 0 Å². The van der Waals surface area contributed by atoms with E-state index in [1.165, 1.54) is 144 Å². The Kier molecular flexibility index (Phi) is 11.8. The number of rotatable bonds is 11. The molecule has 0 fully saturated rings. The summed E-state index contributed by atoms with van der Waals surface area (Å²) in [5, 5.41) is 2.47. The molecule has 0 saturated heterocycles. The lowest BCUT2D eigenvalue weighted by Gasteiger charge is -2.14. The maximum absolute atomic E-state index is 4.17. The zero-order valence-corrected chi connectivity index (χ0v) is 42.6. The van der Waals surface area contributed by atoms with Crippen LogP contribution in [-0.4, -0.2) is 4.57 Å². The Bertz CT molecular complexity index is 3950. The van der Waals surface area contributed by atoms with E-state index >= 15 is 0 Å². The molecule has 352 valence electrons. The van der Waals surface area contributed by atoms with Crippen LogP contribution < -0.4 is 0 Å². The molecule has 9 aromatic carbocycles. The van der Waals surface area contributed by atoms with Crippen LogP contribution in [0.5, 0.6) is 0 Å². The highest BCUT2D eigenvalue weighted by molar-refractivity contribution is 6.12. The van der Waals surface area contributed by atoms with Crippen molar-refractivity contribution in [2.24, 2.45) is 0 Å². The van der Waals surface area contributed by atoms with Crippen molar-refractivity contribution in [1.82, 2.24) is 4.57 Å². The van der Waals surface area contributed by atoms with Crippen LogP contribution in [0.15, 0.2) is 247 Å². The lowest BCUT2D eigenvalue weighted by atomic mass is 9.90. The molecule has 12 rings (SSSR count). The summed E-state index contributed by atoms with van der Waals surface area (Å²) < 4.78 is 2.45. The Morgan fingerprint density at radius 3 is 1.71 bits per heavy atom. The second-order valence-corrected chi connectivity index (χ2v) is 19.9.